The summed E-state index contributed by atoms with van der Waals surface area (Å²) < 4.78 is 5.51. The SMILES string of the molecule is CCOc1ccc(-c2cncc(-c3cnc4c(c3)CCCN4C(N)=O)c2)cc1. The van der Waals surface area contributed by atoms with E-state index >= 15 is 0 Å². The van der Waals surface area contributed by atoms with Crippen molar-refractivity contribution in [2.45, 2.75) is 19.8 Å². The number of urea groups is 1. The molecule has 0 radical (unpaired) electrons. The maximum Gasteiger partial charge on any atom is 0.320 e. The zero-order chi connectivity index (χ0) is 19.5. The van der Waals surface area contributed by atoms with Crippen LogP contribution in [0.15, 0.2) is 55.0 Å². The summed E-state index contributed by atoms with van der Waals surface area (Å²) >= 11 is 0. The fourth-order valence-electron chi connectivity index (χ4n) is 3.50. The second-order valence-electron chi connectivity index (χ2n) is 6.72. The molecular weight excluding hydrogens is 352 g/mol. The van der Waals surface area contributed by atoms with Crippen molar-refractivity contribution in [2.75, 3.05) is 18.1 Å². The van der Waals surface area contributed by atoms with E-state index < -0.39 is 6.03 Å². The molecule has 3 heterocycles. The molecule has 0 spiro atoms. The predicted octanol–water partition coefficient (Wildman–Crippen LogP) is 4.04. The van der Waals surface area contributed by atoms with Gasteiger partial charge in [-0.25, -0.2) is 9.78 Å². The van der Waals surface area contributed by atoms with Gasteiger partial charge in [0.05, 0.1) is 6.61 Å². The van der Waals surface area contributed by atoms with Crippen LogP contribution in [0.4, 0.5) is 10.6 Å². The lowest BCUT2D eigenvalue weighted by atomic mass is 9.99. The smallest absolute Gasteiger partial charge is 0.320 e. The number of ether oxygens (including phenoxy) is 1. The number of aromatic nitrogens is 2. The fraction of sp³-hybridized carbons (Fsp3) is 0.227. The molecule has 0 bridgehead atoms. The number of nitrogens with zero attached hydrogens (tertiary/aromatic N) is 3. The highest BCUT2D eigenvalue weighted by atomic mass is 16.5. The van der Waals surface area contributed by atoms with E-state index in [-0.39, 0.29) is 0 Å². The summed E-state index contributed by atoms with van der Waals surface area (Å²) in [5.74, 6) is 1.52. The first kappa shape index (κ1) is 18.0. The van der Waals surface area contributed by atoms with E-state index in [2.05, 4.69) is 22.1 Å². The molecule has 2 aromatic heterocycles. The highest BCUT2D eigenvalue weighted by Crippen LogP contribution is 2.31. The average molecular weight is 374 g/mol. The van der Waals surface area contributed by atoms with Gasteiger partial charge in [0.1, 0.15) is 11.6 Å². The van der Waals surface area contributed by atoms with Gasteiger partial charge in [-0.05, 0) is 55.2 Å². The van der Waals surface area contributed by atoms with Crippen LogP contribution in [-0.2, 0) is 6.42 Å². The van der Waals surface area contributed by atoms with Gasteiger partial charge in [-0.15, -0.1) is 0 Å². The van der Waals surface area contributed by atoms with E-state index in [4.69, 9.17) is 10.5 Å². The average Bonchev–Trinajstić information content (AvgIpc) is 2.73. The van der Waals surface area contributed by atoms with Crippen molar-refractivity contribution in [2.24, 2.45) is 5.73 Å². The Kier molecular flexibility index (Phi) is 4.93. The molecule has 0 atom stereocenters. The Hall–Kier alpha value is -3.41. The third kappa shape index (κ3) is 3.53. The van der Waals surface area contributed by atoms with Crippen LogP contribution in [0.5, 0.6) is 5.75 Å². The zero-order valence-electron chi connectivity index (χ0n) is 15.8. The van der Waals surface area contributed by atoms with Crippen LogP contribution < -0.4 is 15.4 Å². The molecule has 3 aromatic rings. The number of aryl methyl sites for hydroxylation is 1. The maximum atomic E-state index is 11.6. The molecule has 0 aliphatic carbocycles. The van der Waals surface area contributed by atoms with Gasteiger partial charge >= 0.3 is 6.03 Å². The number of rotatable bonds is 4. The van der Waals surface area contributed by atoms with Gasteiger partial charge in [0.2, 0.25) is 0 Å². The molecule has 6 nitrogen and oxygen atoms in total. The van der Waals surface area contributed by atoms with Gasteiger partial charge in [0.15, 0.2) is 0 Å². The number of primary amides is 1. The van der Waals surface area contributed by atoms with E-state index in [0.29, 0.717) is 19.0 Å². The molecule has 0 unspecified atom stereocenters. The standard InChI is InChI=1S/C22H22N4O2/c1-2-28-20-7-5-15(6-8-20)17-11-18(13-24-12-17)19-10-16-4-3-9-26(22(23)27)21(16)25-14-19/h5-8,10-14H,2-4,9H2,1H3,(H2,23,27). The summed E-state index contributed by atoms with van der Waals surface area (Å²) in [6.07, 6.45) is 7.21. The number of nitrogens with two attached hydrogens (primary N) is 1. The third-order valence-corrected chi connectivity index (χ3v) is 4.86. The van der Waals surface area contributed by atoms with E-state index in [9.17, 15) is 4.79 Å². The van der Waals surface area contributed by atoms with Crippen molar-refractivity contribution >= 4 is 11.8 Å². The number of hydrogen-bond donors (Lipinski definition) is 1. The quantitative estimate of drug-likeness (QED) is 0.747. The van der Waals surface area contributed by atoms with Crippen LogP contribution in [0.1, 0.15) is 18.9 Å². The van der Waals surface area contributed by atoms with Crippen molar-refractivity contribution in [3.63, 3.8) is 0 Å². The molecule has 6 heteroatoms. The molecule has 142 valence electrons. The van der Waals surface area contributed by atoms with Crippen LogP contribution >= 0.6 is 0 Å². The highest BCUT2D eigenvalue weighted by Gasteiger charge is 2.22. The molecule has 0 saturated carbocycles. The van der Waals surface area contributed by atoms with Crippen molar-refractivity contribution in [3.05, 3.63) is 60.6 Å². The second kappa shape index (κ2) is 7.68. The first-order chi connectivity index (χ1) is 13.7. The van der Waals surface area contributed by atoms with Gasteiger partial charge < -0.3 is 10.5 Å². The minimum absolute atomic E-state index is 0.458. The van der Waals surface area contributed by atoms with Gasteiger partial charge in [-0.3, -0.25) is 9.88 Å². The fourth-order valence-corrected chi connectivity index (χ4v) is 3.50. The predicted molar refractivity (Wildman–Crippen MR) is 109 cm³/mol. The minimum atomic E-state index is -0.458. The Balaban J connectivity index is 1.65. The molecule has 0 fully saturated rings. The van der Waals surface area contributed by atoms with Gasteiger partial charge in [0.25, 0.3) is 0 Å². The zero-order valence-corrected chi connectivity index (χ0v) is 15.8. The summed E-state index contributed by atoms with van der Waals surface area (Å²) in [5, 5.41) is 0. The van der Waals surface area contributed by atoms with Crippen LogP contribution in [0.3, 0.4) is 0 Å². The summed E-state index contributed by atoms with van der Waals surface area (Å²) in [4.78, 5) is 22.1. The molecule has 1 aliphatic heterocycles. The molecule has 1 aromatic carbocycles. The summed E-state index contributed by atoms with van der Waals surface area (Å²) in [5.41, 5.74) is 10.6. The Bertz CT molecular complexity index is 1000. The Morgan fingerprint density at radius 2 is 1.79 bits per heavy atom. The first-order valence-electron chi connectivity index (χ1n) is 9.40. The number of pyridine rings is 2. The lowest BCUT2D eigenvalue weighted by Crippen LogP contribution is -2.40. The second-order valence-corrected chi connectivity index (χ2v) is 6.72. The molecule has 2 N–H and O–H groups in total. The number of carbonyl (C=O) groups excluding carboxylic acids is 1. The molecular formula is C22H22N4O2. The van der Waals surface area contributed by atoms with Crippen LogP contribution in [0.2, 0.25) is 0 Å². The van der Waals surface area contributed by atoms with Crippen LogP contribution in [-0.4, -0.2) is 29.2 Å². The maximum absolute atomic E-state index is 11.6. The van der Waals surface area contributed by atoms with E-state index in [1.807, 2.05) is 43.6 Å². The van der Waals surface area contributed by atoms with Crippen molar-refractivity contribution < 1.29 is 9.53 Å². The Labute approximate surface area is 164 Å². The Morgan fingerprint density at radius 1 is 1.07 bits per heavy atom. The molecule has 4 rings (SSSR count). The van der Waals surface area contributed by atoms with Crippen LogP contribution in [0.25, 0.3) is 22.3 Å². The number of carbonyl (C=O) groups is 1. The van der Waals surface area contributed by atoms with Gasteiger partial charge in [0, 0.05) is 41.8 Å². The van der Waals surface area contributed by atoms with E-state index in [1.54, 1.807) is 6.20 Å². The third-order valence-electron chi connectivity index (χ3n) is 4.86. The molecule has 0 saturated heterocycles. The minimum Gasteiger partial charge on any atom is -0.494 e. The van der Waals surface area contributed by atoms with Gasteiger partial charge in [-0.2, -0.15) is 0 Å². The molecule has 1 aliphatic rings. The van der Waals surface area contributed by atoms with Crippen molar-refractivity contribution in [1.82, 2.24) is 9.97 Å². The number of anilines is 1. The lowest BCUT2D eigenvalue weighted by Gasteiger charge is -2.26. The van der Waals surface area contributed by atoms with Gasteiger partial charge in [-0.1, -0.05) is 12.1 Å². The largest absolute Gasteiger partial charge is 0.494 e. The summed E-state index contributed by atoms with van der Waals surface area (Å²) in [6.45, 7) is 3.23. The van der Waals surface area contributed by atoms with Crippen molar-refractivity contribution in [1.29, 1.82) is 0 Å². The number of benzene rings is 1. The number of hydrogen-bond acceptors (Lipinski definition) is 4. The van der Waals surface area contributed by atoms with Crippen molar-refractivity contribution in [3.8, 4) is 28.0 Å². The molecule has 2 amide bonds. The topological polar surface area (TPSA) is 81.3 Å². The summed E-state index contributed by atoms with van der Waals surface area (Å²) in [7, 11) is 0. The number of amides is 2. The lowest BCUT2D eigenvalue weighted by molar-refractivity contribution is 0.253. The monoisotopic (exact) mass is 374 g/mol. The van der Waals surface area contributed by atoms with E-state index in [0.717, 1.165) is 46.4 Å². The van der Waals surface area contributed by atoms with E-state index in [1.165, 1.54) is 4.90 Å². The van der Waals surface area contributed by atoms with Crippen LogP contribution in [0, 0.1) is 0 Å². The summed E-state index contributed by atoms with van der Waals surface area (Å²) in [6, 6.07) is 11.7. The first-order valence-corrected chi connectivity index (χ1v) is 9.40. The normalized spacial score (nSPS) is 13.1. The molecule has 28 heavy (non-hydrogen) atoms. The highest BCUT2D eigenvalue weighted by molar-refractivity contribution is 5.91. The Morgan fingerprint density at radius 3 is 2.50 bits per heavy atom. The number of fused-ring (bicyclic) bond motifs is 1.